The van der Waals surface area contributed by atoms with Crippen LogP contribution in [0.5, 0.6) is 5.75 Å². The topological polar surface area (TPSA) is 123 Å². The maximum atomic E-state index is 14.4. The average Bonchev–Trinajstić information content (AvgIpc) is 3.36. The van der Waals surface area contributed by atoms with E-state index < -0.39 is 38.8 Å². The zero-order chi connectivity index (χ0) is 29.3. The van der Waals surface area contributed by atoms with Crippen LogP contribution in [0.15, 0.2) is 58.7 Å². The molecule has 0 unspecified atom stereocenters. The SMILES string of the molecule is COC(=O)C1=C(O)CC[C@@]23N(C(=O)OC(C)(C)C)c4ccc(OC)cc4[C@@]12CCN3S(=O)(=O)c1ccc(C)cc1. The van der Waals surface area contributed by atoms with Crippen molar-refractivity contribution in [3.63, 3.8) is 0 Å². The second-order valence-electron chi connectivity index (χ2n) is 11.4. The Morgan fingerprint density at radius 2 is 1.70 bits per heavy atom. The van der Waals surface area contributed by atoms with Crippen LogP contribution in [0, 0.1) is 6.92 Å². The first-order valence-electron chi connectivity index (χ1n) is 13.1. The number of esters is 1. The molecule has 2 aliphatic heterocycles. The maximum Gasteiger partial charge on any atom is 0.416 e. The molecule has 0 spiro atoms. The lowest BCUT2D eigenvalue weighted by Crippen LogP contribution is -2.68. The molecule has 1 saturated heterocycles. The number of fused-ring (bicyclic) bond motifs is 1. The van der Waals surface area contributed by atoms with Gasteiger partial charge in [0.05, 0.1) is 35.8 Å². The van der Waals surface area contributed by atoms with Crippen molar-refractivity contribution in [3.05, 3.63) is 64.9 Å². The van der Waals surface area contributed by atoms with Crippen LogP contribution in [-0.4, -0.2) is 61.9 Å². The Morgan fingerprint density at radius 3 is 2.30 bits per heavy atom. The van der Waals surface area contributed by atoms with Crippen LogP contribution >= 0.6 is 0 Å². The normalized spacial score (nSPS) is 24.3. The van der Waals surface area contributed by atoms with Gasteiger partial charge < -0.3 is 19.3 Å². The van der Waals surface area contributed by atoms with E-state index in [1.54, 1.807) is 51.1 Å². The fourth-order valence-electron chi connectivity index (χ4n) is 6.58. The second-order valence-corrected chi connectivity index (χ2v) is 13.2. The zero-order valence-electron chi connectivity index (χ0n) is 23.5. The number of anilines is 1. The minimum Gasteiger partial charge on any atom is -0.512 e. The molecule has 1 amide bonds. The molecule has 40 heavy (non-hydrogen) atoms. The average molecular weight is 571 g/mol. The predicted octanol–water partition coefficient (Wildman–Crippen LogP) is 4.57. The number of benzene rings is 2. The lowest BCUT2D eigenvalue weighted by atomic mass is 9.62. The summed E-state index contributed by atoms with van der Waals surface area (Å²) in [5.41, 5.74) is -2.33. The van der Waals surface area contributed by atoms with Crippen molar-refractivity contribution in [3.8, 4) is 5.75 Å². The van der Waals surface area contributed by atoms with E-state index in [1.807, 2.05) is 6.92 Å². The molecule has 2 heterocycles. The van der Waals surface area contributed by atoms with Gasteiger partial charge in [0.1, 0.15) is 22.8 Å². The third-order valence-corrected chi connectivity index (χ3v) is 9.99. The van der Waals surface area contributed by atoms with Gasteiger partial charge in [-0.05, 0) is 76.4 Å². The van der Waals surface area contributed by atoms with Crippen molar-refractivity contribution in [1.29, 1.82) is 0 Å². The third-order valence-electron chi connectivity index (χ3n) is 8.06. The van der Waals surface area contributed by atoms with E-state index in [4.69, 9.17) is 14.2 Å². The number of hydrogen-bond acceptors (Lipinski definition) is 8. The summed E-state index contributed by atoms with van der Waals surface area (Å²) in [5, 5.41) is 11.2. The monoisotopic (exact) mass is 570 g/mol. The summed E-state index contributed by atoms with van der Waals surface area (Å²) in [6.07, 6.45) is -0.708. The number of allylic oxidation sites excluding steroid dienone is 1. The first kappa shape index (κ1) is 28.0. The van der Waals surface area contributed by atoms with E-state index >= 15 is 0 Å². The number of aryl methyl sites for hydroxylation is 1. The number of nitrogens with zero attached hydrogens (tertiary/aromatic N) is 2. The minimum absolute atomic E-state index is 0.0145. The standard InChI is InChI=1S/C29H34N2O8S/c1-18-7-10-20(11-8-18)40(35,36)30-16-15-28-21-17-19(37-5)9-12-22(21)31(26(34)39-27(2,3)4)29(28,30)14-13-23(32)24(28)25(33)38-6/h7-12,17,32H,13-16H2,1-6H3/t28-,29+/m0/s1. The number of rotatable bonds is 4. The molecule has 3 aliphatic rings. The van der Waals surface area contributed by atoms with Gasteiger partial charge in [0, 0.05) is 13.0 Å². The number of aliphatic hydroxyl groups is 1. The van der Waals surface area contributed by atoms with Crippen molar-refractivity contribution in [2.75, 3.05) is 25.7 Å². The van der Waals surface area contributed by atoms with Crippen LogP contribution in [0.25, 0.3) is 0 Å². The van der Waals surface area contributed by atoms with E-state index in [0.717, 1.165) is 5.56 Å². The van der Waals surface area contributed by atoms with Crippen molar-refractivity contribution in [2.24, 2.45) is 0 Å². The van der Waals surface area contributed by atoms with E-state index in [-0.39, 0.29) is 42.0 Å². The van der Waals surface area contributed by atoms with Gasteiger partial charge in [0.2, 0.25) is 10.0 Å². The summed E-state index contributed by atoms with van der Waals surface area (Å²) in [4.78, 5) is 28.9. The van der Waals surface area contributed by atoms with Crippen molar-refractivity contribution < 1.29 is 37.3 Å². The van der Waals surface area contributed by atoms with Crippen molar-refractivity contribution in [1.82, 2.24) is 4.31 Å². The molecule has 214 valence electrons. The minimum atomic E-state index is -4.22. The second kappa shape index (κ2) is 9.24. The summed E-state index contributed by atoms with van der Waals surface area (Å²) in [7, 11) is -1.52. The first-order valence-corrected chi connectivity index (χ1v) is 14.5. The highest BCUT2D eigenvalue weighted by molar-refractivity contribution is 7.89. The molecule has 1 fully saturated rings. The van der Waals surface area contributed by atoms with Gasteiger partial charge in [-0.1, -0.05) is 17.7 Å². The number of carbonyl (C=O) groups is 2. The van der Waals surface area contributed by atoms with Gasteiger partial charge >= 0.3 is 12.1 Å². The lowest BCUT2D eigenvalue weighted by Gasteiger charge is -2.51. The summed E-state index contributed by atoms with van der Waals surface area (Å²) < 4.78 is 46.6. The third kappa shape index (κ3) is 3.74. The van der Waals surface area contributed by atoms with Gasteiger partial charge in [-0.15, -0.1) is 0 Å². The predicted molar refractivity (Wildman–Crippen MR) is 147 cm³/mol. The number of ether oxygens (including phenoxy) is 3. The molecule has 1 aliphatic carbocycles. The van der Waals surface area contributed by atoms with Gasteiger partial charge in [-0.3, -0.25) is 4.90 Å². The number of aliphatic hydroxyl groups excluding tert-OH is 1. The fraction of sp³-hybridized carbons (Fsp3) is 0.448. The Kier molecular flexibility index (Phi) is 6.46. The van der Waals surface area contributed by atoms with Crippen LogP contribution in [0.4, 0.5) is 10.5 Å². The molecule has 1 N–H and O–H groups in total. The molecule has 2 aromatic rings. The molecule has 2 atom stereocenters. The number of amides is 1. The van der Waals surface area contributed by atoms with Crippen LogP contribution < -0.4 is 9.64 Å². The number of sulfonamides is 1. The van der Waals surface area contributed by atoms with Crippen LogP contribution in [0.2, 0.25) is 0 Å². The van der Waals surface area contributed by atoms with Gasteiger partial charge in [0.15, 0.2) is 0 Å². The van der Waals surface area contributed by atoms with Crippen LogP contribution in [0.1, 0.15) is 51.2 Å². The van der Waals surface area contributed by atoms with Gasteiger partial charge in [-0.2, -0.15) is 4.31 Å². The molecular formula is C29H34N2O8S. The molecule has 0 radical (unpaired) electrons. The molecule has 5 rings (SSSR count). The highest BCUT2D eigenvalue weighted by Gasteiger charge is 2.76. The van der Waals surface area contributed by atoms with E-state index in [0.29, 0.717) is 17.0 Å². The Labute approximate surface area is 234 Å². The summed E-state index contributed by atoms with van der Waals surface area (Å²) >= 11 is 0. The summed E-state index contributed by atoms with van der Waals surface area (Å²) in [5.74, 6) is -0.546. The Morgan fingerprint density at radius 1 is 1.02 bits per heavy atom. The molecule has 11 heteroatoms. The Bertz CT molecular complexity index is 1530. The van der Waals surface area contributed by atoms with Crippen molar-refractivity contribution >= 4 is 27.8 Å². The zero-order valence-corrected chi connectivity index (χ0v) is 24.3. The molecular weight excluding hydrogens is 536 g/mol. The van der Waals surface area contributed by atoms with E-state index in [9.17, 15) is 23.1 Å². The molecule has 0 aromatic heterocycles. The van der Waals surface area contributed by atoms with E-state index in [2.05, 4.69) is 0 Å². The fourth-order valence-corrected chi connectivity index (χ4v) is 8.37. The number of methoxy groups -OCH3 is 2. The number of carbonyl (C=O) groups excluding carboxylic acids is 2. The molecule has 0 bridgehead atoms. The van der Waals surface area contributed by atoms with Gasteiger partial charge in [-0.25, -0.2) is 18.0 Å². The number of hydrogen-bond donors (Lipinski definition) is 1. The van der Waals surface area contributed by atoms with Crippen molar-refractivity contribution in [2.45, 2.75) is 68.5 Å². The summed E-state index contributed by atoms with van der Waals surface area (Å²) in [6.45, 7) is 7.01. The Balaban J connectivity index is 1.87. The highest BCUT2D eigenvalue weighted by Crippen LogP contribution is 2.67. The van der Waals surface area contributed by atoms with Crippen LogP contribution in [0.3, 0.4) is 0 Å². The van der Waals surface area contributed by atoms with Gasteiger partial charge in [0.25, 0.3) is 0 Å². The molecule has 10 nitrogen and oxygen atoms in total. The quantitative estimate of drug-likeness (QED) is 0.531. The Hall–Kier alpha value is -3.57. The molecule has 0 saturated carbocycles. The summed E-state index contributed by atoms with van der Waals surface area (Å²) in [6, 6.07) is 11.5. The highest BCUT2D eigenvalue weighted by atomic mass is 32.2. The maximum absolute atomic E-state index is 14.4. The largest absolute Gasteiger partial charge is 0.512 e. The lowest BCUT2D eigenvalue weighted by molar-refractivity contribution is -0.138. The molecule has 2 aromatic carbocycles. The van der Waals surface area contributed by atoms with Crippen LogP contribution in [-0.2, 0) is 29.7 Å². The first-order chi connectivity index (χ1) is 18.7. The smallest absolute Gasteiger partial charge is 0.416 e. The van der Waals surface area contributed by atoms with E-state index in [1.165, 1.54) is 35.6 Å².